The predicted octanol–water partition coefficient (Wildman–Crippen LogP) is 3.58. The fourth-order valence-corrected chi connectivity index (χ4v) is 2.83. The highest BCUT2D eigenvalue weighted by Crippen LogP contribution is 2.33. The van der Waals surface area contributed by atoms with E-state index in [4.69, 9.17) is 0 Å². The lowest BCUT2D eigenvalue weighted by Gasteiger charge is -2.09. The van der Waals surface area contributed by atoms with Crippen LogP contribution < -0.4 is 0 Å². The van der Waals surface area contributed by atoms with E-state index in [1.165, 1.54) is 5.56 Å². The molecule has 0 fully saturated rings. The molecule has 3 nitrogen and oxygen atoms in total. The number of imidazole rings is 1. The second-order valence-corrected chi connectivity index (χ2v) is 5.39. The van der Waals surface area contributed by atoms with Gasteiger partial charge in [0, 0.05) is 23.8 Å². The fourth-order valence-electron chi connectivity index (χ4n) is 1.85. The van der Waals surface area contributed by atoms with Crippen LogP contribution in [-0.4, -0.2) is 14.4 Å². The summed E-state index contributed by atoms with van der Waals surface area (Å²) in [5.74, 6) is 0. The summed E-state index contributed by atoms with van der Waals surface area (Å²) >= 11 is 1.74. The van der Waals surface area contributed by atoms with Crippen molar-refractivity contribution in [2.24, 2.45) is 0 Å². The summed E-state index contributed by atoms with van der Waals surface area (Å²) in [4.78, 5) is 8.62. The highest BCUT2D eigenvalue weighted by Gasteiger charge is 2.11. The van der Waals surface area contributed by atoms with Gasteiger partial charge < -0.3 is 0 Å². The summed E-state index contributed by atoms with van der Waals surface area (Å²) in [6.07, 6.45) is 7.65. The quantitative estimate of drug-likeness (QED) is 0.670. The van der Waals surface area contributed by atoms with Crippen molar-refractivity contribution >= 4 is 17.3 Å². The predicted molar refractivity (Wildman–Crippen MR) is 73.7 cm³/mol. The van der Waals surface area contributed by atoms with Crippen molar-refractivity contribution in [3.05, 3.63) is 60.7 Å². The summed E-state index contributed by atoms with van der Waals surface area (Å²) < 4.78 is 2.11. The van der Waals surface area contributed by atoms with Crippen molar-refractivity contribution in [2.75, 3.05) is 0 Å². The maximum atomic E-state index is 4.47. The maximum absolute atomic E-state index is 4.47. The van der Waals surface area contributed by atoms with Gasteiger partial charge in [0.05, 0.1) is 11.7 Å². The monoisotopic (exact) mass is 255 g/mol. The Morgan fingerprint density at radius 1 is 1.17 bits per heavy atom. The number of hydrogen-bond donors (Lipinski definition) is 0. The second-order valence-electron chi connectivity index (χ2n) is 4.08. The summed E-state index contributed by atoms with van der Waals surface area (Å²) in [5, 5.41) is 1.35. The van der Waals surface area contributed by atoms with E-state index in [2.05, 4.69) is 33.4 Å². The van der Waals surface area contributed by atoms with Crippen LogP contribution in [-0.2, 0) is 0 Å². The first-order chi connectivity index (χ1) is 8.84. The van der Waals surface area contributed by atoms with Gasteiger partial charge in [0.25, 0.3) is 0 Å². The van der Waals surface area contributed by atoms with Crippen molar-refractivity contribution in [3.63, 3.8) is 0 Å². The van der Waals surface area contributed by atoms with Crippen molar-refractivity contribution in [2.45, 2.75) is 17.3 Å². The zero-order chi connectivity index (χ0) is 12.4. The van der Waals surface area contributed by atoms with E-state index in [0.717, 1.165) is 10.7 Å². The van der Waals surface area contributed by atoms with E-state index < -0.39 is 0 Å². The van der Waals surface area contributed by atoms with Gasteiger partial charge in [0.2, 0.25) is 0 Å². The number of nitrogens with zero attached hydrogens (tertiary/aromatic N) is 3. The van der Waals surface area contributed by atoms with Crippen LogP contribution in [0.4, 0.5) is 0 Å². The van der Waals surface area contributed by atoms with Crippen molar-refractivity contribution in [1.29, 1.82) is 0 Å². The lowest BCUT2D eigenvalue weighted by Crippen LogP contribution is -1.92. The number of hydrogen-bond acceptors (Lipinski definition) is 3. The lowest BCUT2D eigenvalue weighted by molar-refractivity contribution is 0.942. The summed E-state index contributed by atoms with van der Waals surface area (Å²) in [7, 11) is 0. The molecule has 3 aromatic rings. The Balaban J connectivity index is 1.89. The smallest absolute Gasteiger partial charge is 0.173 e. The van der Waals surface area contributed by atoms with Gasteiger partial charge in [0.1, 0.15) is 0 Å². The van der Waals surface area contributed by atoms with Crippen LogP contribution in [0.25, 0.3) is 5.52 Å². The third-order valence-corrected chi connectivity index (χ3v) is 3.98. The molecule has 0 saturated heterocycles. The SMILES string of the molecule is C[C@@H](Sc1ncc2ccccn12)c1cccnc1. The van der Waals surface area contributed by atoms with Crippen LogP contribution in [0, 0.1) is 0 Å². The van der Waals surface area contributed by atoms with Crippen LogP contribution in [0.15, 0.2) is 60.3 Å². The fraction of sp³-hybridized carbons (Fsp3) is 0.143. The average molecular weight is 255 g/mol. The minimum atomic E-state index is 0.338. The van der Waals surface area contributed by atoms with Gasteiger partial charge in [0.15, 0.2) is 5.16 Å². The molecule has 0 aliphatic heterocycles. The van der Waals surface area contributed by atoms with Crippen LogP contribution in [0.2, 0.25) is 0 Å². The van der Waals surface area contributed by atoms with Gasteiger partial charge in [-0.3, -0.25) is 9.38 Å². The third-order valence-electron chi connectivity index (χ3n) is 2.84. The number of aromatic nitrogens is 3. The van der Waals surface area contributed by atoms with Crippen molar-refractivity contribution in [3.8, 4) is 0 Å². The topological polar surface area (TPSA) is 30.2 Å². The van der Waals surface area contributed by atoms with Crippen LogP contribution >= 0.6 is 11.8 Å². The highest BCUT2D eigenvalue weighted by molar-refractivity contribution is 7.99. The molecule has 90 valence electrons. The van der Waals surface area contributed by atoms with Gasteiger partial charge in [-0.05, 0) is 30.7 Å². The largest absolute Gasteiger partial charge is 0.295 e. The highest BCUT2D eigenvalue weighted by atomic mass is 32.2. The van der Waals surface area contributed by atoms with Crippen LogP contribution in [0.3, 0.4) is 0 Å². The summed E-state index contributed by atoms with van der Waals surface area (Å²) in [6.45, 7) is 2.17. The Labute approximate surface area is 110 Å². The first kappa shape index (κ1) is 11.3. The van der Waals surface area contributed by atoms with E-state index in [1.54, 1.807) is 18.0 Å². The number of fused-ring (bicyclic) bond motifs is 1. The Morgan fingerprint density at radius 2 is 2.11 bits per heavy atom. The van der Waals surface area contributed by atoms with E-state index >= 15 is 0 Å². The first-order valence-electron chi connectivity index (χ1n) is 5.83. The minimum Gasteiger partial charge on any atom is -0.295 e. The number of thioether (sulfide) groups is 1. The molecule has 0 aromatic carbocycles. The van der Waals surface area contributed by atoms with Crippen LogP contribution in [0.1, 0.15) is 17.7 Å². The molecule has 0 bridgehead atoms. The van der Waals surface area contributed by atoms with E-state index in [9.17, 15) is 0 Å². The molecular formula is C14H13N3S. The van der Waals surface area contributed by atoms with E-state index in [0.29, 0.717) is 5.25 Å². The normalized spacial score (nSPS) is 12.7. The Kier molecular flexibility index (Phi) is 3.02. The number of pyridine rings is 2. The Bertz CT molecular complexity index is 648. The molecule has 3 aromatic heterocycles. The molecule has 18 heavy (non-hydrogen) atoms. The third kappa shape index (κ3) is 2.11. The molecule has 0 saturated carbocycles. The standard InChI is InChI=1S/C14H13N3S/c1-11(12-5-4-7-15-9-12)18-14-16-10-13-6-2-3-8-17(13)14/h2-11H,1H3/t11-/m1/s1. The molecule has 0 spiro atoms. The van der Waals surface area contributed by atoms with Crippen LogP contribution in [0.5, 0.6) is 0 Å². The molecule has 0 N–H and O–H groups in total. The number of rotatable bonds is 3. The molecular weight excluding hydrogens is 242 g/mol. The van der Waals surface area contributed by atoms with Crippen molar-refractivity contribution in [1.82, 2.24) is 14.4 Å². The second kappa shape index (κ2) is 4.82. The Morgan fingerprint density at radius 3 is 2.94 bits per heavy atom. The lowest BCUT2D eigenvalue weighted by atomic mass is 10.2. The molecule has 1 atom stereocenters. The molecule has 3 rings (SSSR count). The Hall–Kier alpha value is -1.81. The first-order valence-corrected chi connectivity index (χ1v) is 6.71. The van der Waals surface area contributed by atoms with Crippen molar-refractivity contribution < 1.29 is 0 Å². The molecule has 0 unspecified atom stereocenters. The van der Waals surface area contributed by atoms with Gasteiger partial charge in [-0.15, -0.1) is 0 Å². The maximum Gasteiger partial charge on any atom is 0.173 e. The molecule has 0 radical (unpaired) electrons. The molecule has 0 aliphatic rings. The zero-order valence-electron chi connectivity index (χ0n) is 10.0. The zero-order valence-corrected chi connectivity index (χ0v) is 10.8. The molecule has 4 heteroatoms. The van der Waals surface area contributed by atoms with E-state index in [1.807, 2.05) is 36.8 Å². The molecule has 0 aliphatic carbocycles. The van der Waals surface area contributed by atoms with E-state index in [-0.39, 0.29) is 0 Å². The molecule has 0 amide bonds. The van der Waals surface area contributed by atoms with Gasteiger partial charge in [-0.2, -0.15) is 0 Å². The minimum absolute atomic E-state index is 0.338. The average Bonchev–Trinajstić information content (AvgIpc) is 2.83. The summed E-state index contributed by atoms with van der Waals surface area (Å²) in [5.41, 5.74) is 2.34. The molecule has 3 heterocycles. The van der Waals surface area contributed by atoms with Gasteiger partial charge in [-0.1, -0.05) is 23.9 Å². The van der Waals surface area contributed by atoms with Gasteiger partial charge in [-0.25, -0.2) is 4.98 Å². The summed E-state index contributed by atoms with van der Waals surface area (Å²) in [6, 6.07) is 10.2. The van der Waals surface area contributed by atoms with Gasteiger partial charge >= 0.3 is 0 Å².